The Kier molecular flexibility index (Phi) is 207. The first-order chi connectivity index (χ1) is 8.66. The van der Waals surface area contributed by atoms with E-state index in [0.29, 0.717) is 0 Å². The van der Waals surface area contributed by atoms with Crippen LogP contribution in [-0.2, 0) is 21.1 Å². The van der Waals surface area contributed by atoms with Crippen molar-refractivity contribution in [3.05, 3.63) is 76.6 Å². The van der Waals surface area contributed by atoms with Gasteiger partial charge in [0.2, 0.25) is 0 Å². The molecule has 0 atom stereocenters. The second kappa shape index (κ2) is 68.3. The fourth-order valence-electron chi connectivity index (χ4n) is 0. The number of hydrogen-bond acceptors (Lipinski definition) is 19. The van der Waals surface area contributed by atoms with E-state index >= 15 is 0 Å². The predicted octanol–water partition coefficient (Wildman–Crippen LogP) is -0.174. The van der Waals surface area contributed by atoms with E-state index in [-0.39, 0.29) is 51.8 Å². The first-order valence-corrected chi connectivity index (χ1v) is 2.74. The largest absolute Gasteiger partial charge is 4.00 e. The Morgan fingerprint density at radius 3 is 0.346 bits per heavy atom. The smallest absolute Gasteiger partial charge is 0.369 e. The molecule has 16 N–H and O–H groups in total. The fourth-order valence-corrected chi connectivity index (χ4v) is 0. The summed E-state index contributed by atoms with van der Waals surface area (Å²) in [5, 5.41) is 73.8. The minimum Gasteiger partial charge on any atom is -0.369 e. The van der Waals surface area contributed by atoms with E-state index in [4.69, 9.17) is 76.6 Å². The number of nitrogens with zero attached hydrogens (tertiary/aromatic N) is 5. The zero-order valence-electron chi connectivity index (χ0n) is 12.5. The summed E-state index contributed by atoms with van der Waals surface area (Å²) in [6.07, 6.45) is 0. The summed E-state index contributed by atoms with van der Waals surface area (Å²) in [6.45, 7) is 0. The Morgan fingerprint density at radius 2 is 0.346 bits per heavy atom. The number of rotatable bonds is 0. The minimum atomic E-state index is -1.75. The van der Waals surface area contributed by atoms with Gasteiger partial charge in [-0.05, 0) is 0 Å². The topological polar surface area (TPSA) is 507 Å². The van der Waals surface area contributed by atoms with Crippen LogP contribution in [0.15, 0.2) is 0 Å². The van der Waals surface area contributed by atoms with Crippen LogP contribution in [0, 0.1) is 76.6 Å². The van der Waals surface area contributed by atoms with Crippen molar-refractivity contribution in [3.63, 3.8) is 0 Å². The molecule has 0 fully saturated rings. The van der Waals surface area contributed by atoms with Crippen LogP contribution in [0.1, 0.15) is 0 Å². The summed E-state index contributed by atoms with van der Waals surface area (Å²) < 4.78 is 0. The molecule has 0 spiro atoms. The van der Waals surface area contributed by atoms with Crippen LogP contribution in [-0.4, -0.2) is 25.4 Å². The van der Waals surface area contributed by atoms with Crippen LogP contribution in [0.5, 0.6) is 0 Å². The summed E-state index contributed by atoms with van der Waals surface area (Å²) in [5.74, 6) is 0. The van der Waals surface area contributed by atoms with Crippen LogP contribution in [0.2, 0.25) is 0 Å². The van der Waals surface area contributed by atoms with Crippen molar-refractivity contribution >= 4 is 0 Å². The maximum absolute atomic E-state index is 8.25. The summed E-state index contributed by atoms with van der Waals surface area (Å²) in [7, 11) is 0. The second-order valence-electron chi connectivity index (χ2n) is 1.12. The second-order valence-corrected chi connectivity index (χ2v) is 1.12. The van der Waals surface area contributed by atoms with E-state index in [1.54, 1.807) is 0 Å². The van der Waals surface area contributed by atoms with Crippen molar-refractivity contribution in [1.29, 1.82) is 0 Å². The van der Waals surface area contributed by atoms with Crippen LogP contribution in [0.25, 0.3) is 0 Å². The molecule has 0 aromatic rings. The average Bonchev–Trinajstić information content (AvgIpc) is 1.94. The predicted molar refractivity (Wildman–Crippen MR) is 77.9 cm³/mol. The monoisotopic (exact) mass is 591 g/mol. The molecule has 26 heteroatoms. The Bertz CT molecular complexity index is 215. The molecule has 0 rings (SSSR count). The molecule has 0 aromatic carbocycles. The van der Waals surface area contributed by atoms with Gasteiger partial charge in [0.05, 0.1) is 25.4 Å². The van der Waals surface area contributed by atoms with Crippen LogP contribution >= 0.6 is 0 Å². The molecular formula is H16N10O15Pt. The first-order valence-electron chi connectivity index (χ1n) is 2.74. The van der Waals surface area contributed by atoms with E-state index in [0.717, 1.165) is 0 Å². The van der Waals surface area contributed by atoms with Crippen LogP contribution in [0.3, 0.4) is 0 Å². The standard InChI is InChI=1S/5NO3.5H3N.Pt/c5*2-1(3)4;;;;;;/h;;;;;5*1H3;/q5*-1;;;;;;+4/p+1. The van der Waals surface area contributed by atoms with Gasteiger partial charge in [0, 0.05) is 0 Å². The van der Waals surface area contributed by atoms with Gasteiger partial charge in [0.15, 0.2) is 0 Å². The zero-order chi connectivity index (χ0) is 17.9. The molecule has 0 aliphatic heterocycles. The Labute approximate surface area is 154 Å². The van der Waals surface area contributed by atoms with Crippen molar-refractivity contribution < 1.29 is 46.5 Å². The normalized spacial score (nSPS) is 4.62. The van der Waals surface area contributed by atoms with Gasteiger partial charge >= 0.3 is 21.1 Å². The van der Waals surface area contributed by atoms with Gasteiger partial charge < -0.3 is 107 Å². The van der Waals surface area contributed by atoms with Gasteiger partial charge in [-0.15, -0.1) is 0 Å². The van der Waals surface area contributed by atoms with E-state index in [1.807, 2.05) is 0 Å². The van der Waals surface area contributed by atoms with Gasteiger partial charge in [-0.3, -0.25) is 0 Å². The first kappa shape index (κ1) is 78.7. The third-order valence-electron chi connectivity index (χ3n) is 0. The van der Waals surface area contributed by atoms with E-state index in [1.165, 1.54) is 0 Å². The Balaban J connectivity index is -0.0000000114. The number of hydrogen-bond donors (Lipinski definition) is 5. The average molecular weight is 591 g/mol. The van der Waals surface area contributed by atoms with Crippen LogP contribution < -0.4 is 30.8 Å². The molecule has 26 heavy (non-hydrogen) atoms. The summed E-state index contributed by atoms with van der Waals surface area (Å²) in [5.41, 5.74) is 0. The molecule has 0 saturated heterocycles. The van der Waals surface area contributed by atoms with Gasteiger partial charge in [-0.25, -0.2) is 0 Å². The van der Waals surface area contributed by atoms with E-state index in [2.05, 4.69) is 0 Å². The zero-order valence-corrected chi connectivity index (χ0v) is 14.8. The van der Waals surface area contributed by atoms with Crippen molar-refractivity contribution in [2.45, 2.75) is 0 Å². The van der Waals surface area contributed by atoms with Crippen LogP contribution in [0.4, 0.5) is 0 Å². The van der Waals surface area contributed by atoms with Gasteiger partial charge in [-0.2, -0.15) is 0 Å². The molecule has 0 radical (unpaired) electrons. The van der Waals surface area contributed by atoms with E-state index in [9.17, 15) is 0 Å². The Morgan fingerprint density at radius 1 is 0.346 bits per heavy atom. The van der Waals surface area contributed by atoms with Gasteiger partial charge in [0.1, 0.15) is 0 Å². The quantitative estimate of drug-likeness (QED) is 0.180. The van der Waals surface area contributed by atoms with Crippen molar-refractivity contribution in [1.82, 2.24) is 30.8 Å². The summed E-state index contributed by atoms with van der Waals surface area (Å²) in [4.78, 5) is 41.2. The molecule has 0 amide bonds. The maximum Gasteiger partial charge on any atom is 4.00 e. The molecule has 0 aliphatic carbocycles. The van der Waals surface area contributed by atoms with E-state index < -0.39 is 25.4 Å². The van der Waals surface area contributed by atoms with Crippen molar-refractivity contribution in [3.8, 4) is 0 Å². The molecule has 0 saturated carbocycles. The maximum atomic E-state index is 8.25. The van der Waals surface area contributed by atoms with Gasteiger partial charge in [-0.1, -0.05) is 0 Å². The molecule has 0 aliphatic rings. The molecule has 0 heterocycles. The molecule has 0 unspecified atom stereocenters. The summed E-state index contributed by atoms with van der Waals surface area (Å²) >= 11 is 0. The van der Waals surface area contributed by atoms with Crippen molar-refractivity contribution in [2.75, 3.05) is 0 Å². The van der Waals surface area contributed by atoms with Crippen molar-refractivity contribution in [2.24, 2.45) is 0 Å². The summed E-state index contributed by atoms with van der Waals surface area (Å²) in [6, 6.07) is 0. The third kappa shape index (κ3) is 631. The van der Waals surface area contributed by atoms with Gasteiger partial charge in [0.25, 0.3) is 0 Å². The SMILES string of the molecule is N.N.N.N.O=[N+]([O-])[O-].O=[N+]([O-])[O-].O=[N+]([O-])[O-].O=[N+]([O-])[O-].O=[N+]([O-])[O-].[NH4+].[Pt+4]. The Hall–Kier alpha value is -3.51. The third-order valence-corrected chi connectivity index (χ3v) is 0. The molecule has 0 bridgehead atoms. The molecular weight excluding hydrogens is 575 g/mol. The fraction of sp³-hybridized carbons (Fsp3) is 0. The molecule has 0 aromatic heterocycles. The molecule has 166 valence electrons. The number of quaternary nitrogens is 1. The minimum absolute atomic E-state index is 0. The molecule has 25 nitrogen and oxygen atoms in total.